The van der Waals surface area contributed by atoms with Gasteiger partial charge in [-0.3, -0.25) is 9.69 Å². The van der Waals surface area contributed by atoms with Gasteiger partial charge in [-0.15, -0.1) is 0 Å². The first-order chi connectivity index (χ1) is 14.6. The lowest BCUT2D eigenvalue weighted by atomic mass is 9.98. The van der Waals surface area contributed by atoms with Gasteiger partial charge in [-0.1, -0.05) is 42.5 Å². The van der Waals surface area contributed by atoms with Gasteiger partial charge in [0.2, 0.25) is 0 Å². The SMILES string of the molecule is COc1ccc(C2CC(c3ccccc3)=NN2C(=O)CN(C)Cc2ccco2)cc1. The number of carbonyl (C=O) groups excluding carboxylic acids is 1. The average Bonchev–Trinajstić information content (AvgIpc) is 3.44. The van der Waals surface area contributed by atoms with Crippen molar-refractivity contribution in [2.24, 2.45) is 5.10 Å². The van der Waals surface area contributed by atoms with Gasteiger partial charge in [0.15, 0.2) is 0 Å². The molecule has 3 aromatic rings. The number of hydrazone groups is 1. The van der Waals surface area contributed by atoms with Gasteiger partial charge < -0.3 is 9.15 Å². The fourth-order valence-corrected chi connectivity index (χ4v) is 3.66. The van der Waals surface area contributed by atoms with Gasteiger partial charge in [0.05, 0.1) is 38.2 Å². The van der Waals surface area contributed by atoms with Gasteiger partial charge in [0.25, 0.3) is 5.91 Å². The first-order valence-corrected chi connectivity index (χ1v) is 9.94. The van der Waals surface area contributed by atoms with Crippen molar-refractivity contribution in [3.05, 3.63) is 89.9 Å². The van der Waals surface area contributed by atoms with Crippen molar-refractivity contribution in [2.45, 2.75) is 19.0 Å². The van der Waals surface area contributed by atoms with E-state index >= 15 is 0 Å². The van der Waals surface area contributed by atoms with Crippen LogP contribution in [0.1, 0.15) is 29.3 Å². The minimum absolute atomic E-state index is 0.0456. The number of hydrogen-bond acceptors (Lipinski definition) is 5. The Labute approximate surface area is 176 Å². The Morgan fingerprint density at radius 2 is 1.90 bits per heavy atom. The first kappa shape index (κ1) is 19.9. The van der Waals surface area contributed by atoms with Crippen LogP contribution in [0.4, 0.5) is 0 Å². The molecule has 1 aromatic heterocycles. The van der Waals surface area contributed by atoms with Crippen molar-refractivity contribution < 1.29 is 13.9 Å². The molecule has 1 atom stereocenters. The summed E-state index contributed by atoms with van der Waals surface area (Å²) in [5.74, 6) is 1.57. The van der Waals surface area contributed by atoms with Crippen LogP contribution in [0.2, 0.25) is 0 Å². The Morgan fingerprint density at radius 3 is 2.57 bits per heavy atom. The summed E-state index contributed by atoms with van der Waals surface area (Å²) in [5, 5.41) is 6.36. The number of methoxy groups -OCH3 is 1. The summed E-state index contributed by atoms with van der Waals surface area (Å²) in [6.45, 7) is 0.813. The van der Waals surface area contributed by atoms with E-state index in [1.807, 2.05) is 78.7 Å². The average molecular weight is 403 g/mol. The molecule has 6 heteroatoms. The van der Waals surface area contributed by atoms with Gasteiger partial charge >= 0.3 is 0 Å². The zero-order chi connectivity index (χ0) is 20.9. The van der Waals surface area contributed by atoms with E-state index < -0.39 is 0 Å². The summed E-state index contributed by atoms with van der Waals surface area (Å²) < 4.78 is 10.7. The van der Waals surface area contributed by atoms with Crippen molar-refractivity contribution in [1.29, 1.82) is 0 Å². The van der Waals surface area contributed by atoms with E-state index in [1.165, 1.54) is 0 Å². The second kappa shape index (κ2) is 8.97. The van der Waals surface area contributed by atoms with E-state index in [0.29, 0.717) is 13.0 Å². The summed E-state index contributed by atoms with van der Waals surface area (Å²) in [5.41, 5.74) is 2.99. The number of furan rings is 1. The zero-order valence-corrected chi connectivity index (χ0v) is 17.2. The second-order valence-electron chi connectivity index (χ2n) is 7.40. The Bertz CT molecular complexity index is 998. The lowest BCUT2D eigenvalue weighted by molar-refractivity contribution is -0.134. The van der Waals surface area contributed by atoms with Crippen molar-refractivity contribution in [2.75, 3.05) is 20.7 Å². The van der Waals surface area contributed by atoms with E-state index in [9.17, 15) is 4.79 Å². The highest BCUT2D eigenvalue weighted by molar-refractivity contribution is 6.03. The quantitative estimate of drug-likeness (QED) is 0.596. The van der Waals surface area contributed by atoms with Crippen molar-refractivity contribution in [3.63, 3.8) is 0 Å². The third-order valence-corrected chi connectivity index (χ3v) is 5.18. The predicted octanol–water partition coefficient (Wildman–Crippen LogP) is 4.10. The standard InChI is InChI=1S/C24H25N3O3/c1-26(16-21-9-6-14-30-21)17-24(28)27-23(19-10-12-20(29-2)13-11-19)15-22(25-27)18-7-4-3-5-8-18/h3-14,23H,15-17H2,1-2H3. The number of ether oxygens (including phenoxy) is 1. The maximum atomic E-state index is 13.2. The normalized spacial score (nSPS) is 16.0. The van der Waals surface area contributed by atoms with Gasteiger partial charge in [-0.05, 0) is 42.4 Å². The van der Waals surface area contributed by atoms with Crippen LogP contribution < -0.4 is 4.74 Å². The lowest BCUT2D eigenvalue weighted by Crippen LogP contribution is -2.36. The molecule has 30 heavy (non-hydrogen) atoms. The number of hydrogen-bond donors (Lipinski definition) is 0. The maximum Gasteiger partial charge on any atom is 0.257 e. The minimum Gasteiger partial charge on any atom is -0.497 e. The molecule has 4 rings (SSSR count). The molecule has 1 aliphatic rings. The maximum absolute atomic E-state index is 13.2. The fourth-order valence-electron chi connectivity index (χ4n) is 3.66. The lowest BCUT2D eigenvalue weighted by Gasteiger charge is -2.24. The third-order valence-electron chi connectivity index (χ3n) is 5.18. The summed E-state index contributed by atoms with van der Waals surface area (Å²) in [4.78, 5) is 15.1. The number of amides is 1. The molecule has 1 aliphatic heterocycles. The smallest absolute Gasteiger partial charge is 0.257 e. The van der Waals surface area contributed by atoms with Crippen molar-refractivity contribution in [1.82, 2.24) is 9.91 Å². The van der Waals surface area contributed by atoms with Crippen LogP contribution >= 0.6 is 0 Å². The number of nitrogens with zero attached hydrogens (tertiary/aromatic N) is 3. The van der Waals surface area contributed by atoms with E-state index in [1.54, 1.807) is 18.4 Å². The molecule has 0 saturated carbocycles. The van der Waals surface area contributed by atoms with Crippen molar-refractivity contribution in [3.8, 4) is 5.75 Å². The molecule has 0 radical (unpaired) electrons. The monoisotopic (exact) mass is 403 g/mol. The predicted molar refractivity (Wildman–Crippen MR) is 115 cm³/mol. The molecule has 0 spiro atoms. The largest absolute Gasteiger partial charge is 0.497 e. The molecule has 0 fully saturated rings. The van der Waals surface area contributed by atoms with Crippen LogP contribution in [-0.2, 0) is 11.3 Å². The molecule has 2 aromatic carbocycles. The molecule has 0 aliphatic carbocycles. The van der Waals surface area contributed by atoms with Crippen LogP contribution in [-0.4, -0.2) is 42.2 Å². The van der Waals surface area contributed by atoms with Gasteiger partial charge in [0.1, 0.15) is 11.5 Å². The van der Waals surface area contributed by atoms with E-state index in [2.05, 4.69) is 0 Å². The molecule has 0 saturated heterocycles. The molecule has 1 amide bonds. The Balaban J connectivity index is 1.56. The summed E-state index contributed by atoms with van der Waals surface area (Å²) in [6.07, 6.45) is 2.31. The van der Waals surface area contributed by atoms with Crippen LogP contribution in [0.5, 0.6) is 5.75 Å². The van der Waals surface area contributed by atoms with Gasteiger partial charge in [-0.2, -0.15) is 5.10 Å². The Hall–Kier alpha value is -3.38. The zero-order valence-electron chi connectivity index (χ0n) is 17.2. The molecule has 0 bridgehead atoms. The summed E-state index contributed by atoms with van der Waals surface area (Å²) in [7, 11) is 3.55. The van der Waals surface area contributed by atoms with E-state index in [-0.39, 0.29) is 18.5 Å². The summed E-state index contributed by atoms with van der Waals surface area (Å²) >= 11 is 0. The first-order valence-electron chi connectivity index (χ1n) is 9.94. The molecular weight excluding hydrogens is 378 g/mol. The highest BCUT2D eigenvalue weighted by atomic mass is 16.5. The number of rotatable bonds is 7. The number of carbonyl (C=O) groups is 1. The molecule has 6 nitrogen and oxygen atoms in total. The Morgan fingerprint density at radius 1 is 1.13 bits per heavy atom. The molecule has 154 valence electrons. The van der Waals surface area contributed by atoms with Crippen LogP contribution in [0.3, 0.4) is 0 Å². The molecule has 1 unspecified atom stereocenters. The highest BCUT2D eigenvalue weighted by Gasteiger charge is 2.33. The van der Waals surface area contributed by atoms with Crippen LogP contribution in [0.15, 0.2) is 82.5 Å². The Kier molecular flexibility index (Phi) is 5.95. The van der Waals surface area contributed by atoms with E-state index in [0.717, 1.165) is 28.3 Å². The summed E-state index contributed by atoms with van der Waals surface area (Å²) in [6, 6.07) is 21.5. The fraction of sp³-hybridized carbons (Fsp3) is 0.250. The second-order valence-corrected chi connectivity index (χ2v) is 7.40. The molecular formula is C24H25N3O3. The van der Waals surface area contributed by atoms with Crippen LogP contribution in [0, 0.1) is 0 Å². The van der Waals surface area contributed by atoms with Gasteiger partial charge in [0, 0.05) is 6.42 Å². The third kappa shape index (κ3) is 4.44. The number of likely N-dealkylation sites (N-methyl/N-ethyl adjacent to an activating group) is 1. The van der Waals surface area contributed by atoms with Crippen LogP contribution in [0.25, 0.3) is 0 Å². The molecule has 2 heterocycles. The topological polar surface area (TPSA) is 58.3 Å². The minimum atomic E-state index is -0.143. The highest BCUT2D eigenvalue weighted by Crippen LogP contribution is 2.33. The number of benzene rings is 2. The van der Waals surface area contributed by atoms with E-state index in [4.69, 9.17) is 14.3 Å². The van der Waals surface area contributed by atoms with Crippen molar-refractivity contribution >= 4 is 11.6 Å². The molecule has 0 N–H and O–H groups in total. The van der Waals surface area contributed by atoms with Gasteiger partial charge in [-0.25, -0.2) is 5.01 Å².